The van der Waals surface area contributed by atoms with Gasteiger partial charge in [0.1, 0.15) is 5.75 Å². The molecule has 0 radical (unpaired) electrons. The summed E-state index contributed by atoms with van der Waals surface area (Å²) in [6.45, 7) is 0.486. The predicted molar refractivity (Wildman–Crippen MR) is 71.1 cm³/mol. The van der Waals surface area contributed by atoms with Crippen LogP contribution >= 0.6 is 11.6 Å². The molecule has 0 fully saturated rings. The molecule has 1 N–H and O–H groups in total. The van der Waals surface area contributed by atoms with Crippen molar-refractivity contribution in [1.29, 1.82) is 0 Å². The average molecular weight is 261 g/mol. The number of hydrogen-bond donors (Lipinski definition) is 1. The molecule has 2 aromatic rings. The van der Waals surface area contributed by atoms with E-state index in [1.807, 2.05) is 48.5 Å². The first kappa shape index (κ1) is 11.6. The molecule has 3 heteroatoms. The third-order valence-corrected chi connectivity index (χ3v) is 3.59. The number of halogens is 1. The highest BCUT2D eigenvalue weighted by Crippen LogP contribution is 2.40. The van der Waals surface area contributed by atoms with Crippen LogP contribution < -0.4 is 4.74 Å². The Kier molecular flexibility index (Phi) is 2.98. The molecule has 0 aliphatic carbocycles. The first-order valence-corrected chi connectivity index (χ1v) is 6.29. The van der Waals surface area contributed by atoms with Crippen molar-refractivity contribution < 1.29 is 9.84 Å². The molecular formula is C15H13ClO2. The molecule has 18 heavy (non-hydrogen) atoms. The molecule has 0 saturated carbocycles. The smallest absolute Gasteiger partial charge is 0.125 e. The van der Waals surface area contributed by atoms with Crippen molar-refractivity contribution >= 4 is 11.6 Å². The van der Waals surface area contributed by atoms with Crippen molar-refractivity contribution in [3.63, 3.8) is 0 Å². The molecule has 0 bridgehead atoms. The number of benzene rings is 2. The quantitative estimate of drug-likeness (QED) is 0.850. The maximum Gasteiger partial charge on any atom is 0.125 e. The van der Waals surface area contributed by atoms with Gasteiger partial charge in [-0.2, -0.15) is 0 Å². The summed E-state index contributed by atoms with van der Waals surface area (Å²) in [5.74, 6) is 0.729. The van der Waals surface area contributed by atoms with Crippen LogP contribution in [0.5, 0.6) is 5.75 Å². The first-order chi connectivity index (χ1) is 8.75. The summed E-state index contributed by atoms with van der Waals surface area (Å²) in [6.07, 6.45) is -0.531. The SMILES string of the molecule is O[C@H]1c2ccccc2OC[C@H]1c1ccc(Cl)cc1. The van der Waals surface area contributed by atoms with Gasteiger partial charge in [-0.1, -0.05) is 41.9 Å². The van der Waals surface area contributed by atoms with Gasteiger partial charge in [0.25, 0.3) is 0 Å². The van der Waals surface area contributed by atoms with Gasteiger partial charge in [0.05, 0.1) is 12.7 Å². The zero-order chi connectivity index (χ0) is 12.5. The van der Waals surface area contributed by atoms with E-state index in [0.29, 0.717) is 11.6 Å². The van der Waals surface area contributed by atoms with E-state index >= 15 is 0 Å². The molecule has 0 aromatic heterocycles. The molecule has 92 valence electrons. The third-order valence-electron chi connectivity index (χ3n) is 3.34. The topological polar surface area (TPSA) is 29.5 Å². The van der Waals surface area contributed by atoms with Crippen LogP contribution in [-0.2, 0) is 0 Å². The van der Waals surface area contributed by atoms with E-state index in [0.717, 1.165) is 16.9 Å². The average Bonchev–Trinajstić information content (AvgIpc) is 2.41. The van der Waals surface area contributed by atoms with E-state index in [2.05, 4.69) is 0 Å². The van der Waals surface area contributed by atoms with Gasteiger partial charge in [-0.25, -0.2) is 0 Å². The third kappa shape index (κ3) is 1.98. The second kappa shape index (κ2) is 4.63. The van der Waals surface area contributed by atoms with E-state index < -0.39 is 6.10 Å². The maximum absolute atomic E-state index is 10.4. The molecule has 2 nitrogen and oxygen atoms in total. The number of para-hydroxylation sites is 1. The van der Waals surface area contributed by atoms with Gasteiger partial charge >= 0.3 is 0 Å². The summed E-state index contributed by atoms with van der Waals surface area (Å²) in [6, 6.07) is 15.2. The van der Waals surface area contributed by atoms with Crippen LogP contribution in [0.2, 0.25) is 5.02 Å². The number of aliphatic hydroxyl groups is 1. The molecule has 0 spiro atoms. The minimum atomic E-state index is -0.531. The van der Waals surface area contributed by atoms with Gasteiger partial charge in [-0.3, -0.25) is 0 Å². The van der Waals surface area contributed by atoms with Crippen molar-refractivity contribution in [2.75, 3.05) is 6.61 Å². The fraction of sp³-hybridized carbons (Fsp3) is 0.200. The highest BCUT2D eigenvalue weighted by Gasteiger charge is 2.30. The molecular weight excluding hydrogens is 248 g/mol. The van der Waals surface area contributed by atoms with Gasteiger partial charge in [-0.05, 0) is 23.8 Å². The molecule has 1 aliphatic rings. The lowest BCUT2D eigenvalue weighted by Gasteiger charge is -2.30. The summed E-state index contributed by atoms with van der Waals surface area (Å²) in [4.78, 5) is 0. The summed E-state index contributed by atoms with van der Waals surface area (Å²) in [5, 5.41) is 11.1. The number of ether oxygens (including phenoxy) is 1. The Bertz CT molecular complexity index is 551. The van der Waals surface area contributed by atoms with Crippen LogP contribution in [0, 0.1) is 0 Å². The van der Waals surface area contributed by atoms with E-state index in [4.69, 9.17) is 16.3 Å². The van der Waals surface area contributed by atoms with Gasteiger partial charge in [0.15, 0.2) is 0 Å². The lowest BCUT2D eigenvalue weighted by atomic mass is 9.87. The van der Waals surface area contributed by atoms with E-state index in [1.54, 1.807) is 0 Å². The van der Waals surface area contributed by atoms with Crippen LogP contribution in [0.25, 0.3) is 0 Å². The van der Waals surface area contributed by atoms with Crippen LogP contribution in [0.15, 0.2) is 48.5 Å². The van der Waals surface area contributed by atoms with Gasteiger partial charge in [0.2, 0.25) is 0 Å². The molecule has 0 amide bonds. The number of rotatable bonds is 1. The molecule has 2 aromatic carbocycles. The summed E-state index contributed by atoms with van der Waals surface area (Å²) in [7, 11) is 0. The summed E-state index contributed by atoms with van der Waals surface area (Å²) >= 11 is 5.87. The Morgan fingerprint density at radius 3 is 2.56 bits per heavy atom. The maximum atomic E-state index is 10.4. The van der Waals surface area contributed by atoms with Crippen molar-refractivity contribution in [3.8, 4) is 5.75 Å². The van der Waals surface area contributed by atoms with Crippen LogP contribution in [0.3, 0.4) is 0 Å². The normalized spacial score (nSPS) is 22.1. The van der Waals surface area contributed by atoms with Crippen molar-refractivity contribution in [2.24, 2.45) is 0 Å². The number of fused-ring (bicyclic) bond motifs is 1. The zero-order valence-corrected chi connectivity index (χ0v) is 10.5. The van der Waals surface area contributed by atoms with Gasteiger partial charge < -0.3 is 9.84 Å². The van der Waals surface area contributed by atoms with Crippen molar-refractivity contribution in [2.45, 2.75) is 12.0 Å². The predicted octanol–water partition coefficient (Wildman–Crippen LogP) is 3.55. The van der Waals surface area contributed by atoms with Crippen molar-refractivity contribution in [1.82, 2.24) is 0 Å². The van der Waals surface area contributed by atoms with Crippen molar-refractivity contribution in [3.05, 3.63) is 64.7 Å². The van der Waals surface area contributed by atoms with E-state index in [-0.39, 0.29) is 5.92 Å². The molecule has 1 heterocycles. The minimum absolute atomic E-state index is 0.0443. The lowest BCUT2D eigenvalue weighted by molar-refractivity contribution is 0.0890. The highest BCUT2D eigenvalue weighted by molar-refractivity contribution is 6.30. The van der Waals surface area contributed by atoms with Crippen LogP contribution in [0.1, 0.15) is 23.1 Å². The Morgan fingerprint density at radius 1 is 1.06 bits per heavy atom. The van der Waals surface area contributed by atoms with Crippen LogP contribution in [0.4, 0.5) is 0 Å². The van der Waals surface area contributed by atoms with E-state index in [1.165, 1.54) is 0 Å². The van der Waals surface area contributed by atoms with E-state index in [9.17, 15) is 5.11 Å². The fourth-order valence-corrected chi connectivity index (χ4v) is 2.46. The van der Waals surface area contributed by atoms with Gasteiger partial charge in [0, 0.05) is 16.5 Å². The molecule has 0 unspecified atom stereocenters. The molecule has 0 saturated heterocycles. The fourth-order valence-electron chi connectivity index (χ4n) is 2.33. The molecule has 2 atom stereocenters. The standard InChI is InChI=1S/C15H13ClO2/c16-11-7-5-10(6-8-11)13-9-18-14-4-2-1-3-12(14)15(13)17/h1-8,13,15,17H,9H2/t13-,15-/m0/s1. The highest BCUT2D eigenvalue weighted by atomic mass is 35.5. The summed E-state index contributed by atoms with van der Waals surface area (Å²) < 4.78 is 5.70. The molecule has 3 rings (SSSR count). The van der Waals surface area contributed by atoms with Gasteiger partial charge in [-0.15, -0.1) is 0 Å². The summed E-state index contributed by atoms with van der Waals surface area (Å²) in [5.41, 5.74) is 1.89. The number of hydrogen-bond acceptors (Lipinski definition) is 2. The Hall–Kier alpha value is -1.51. The lowest BCUT2D eigenvalue weighted by Crippen LogP contribution is -2.24. The Balaban J connectivity index is 1.95. The first-order valence-electron chi connectivity index (χ1n) is 5.91. The van der Waals surface area contributed by atoms with Crippen LogP contribution in [-0.4, -0.2) is 11.7 Å². The Labute approximate surface area is 111 Å². The zero-order valence-electron chi connectivity index (χ0n) is 9.71. The second-order valence-corrected chi connectivity index (χ2v) is 4.89. The largest absolute Gasteiger partial charge is 0.492 e. The molecule has 1 aliphatic heterocycles. The minimum Gasteiger partial charge on any atom is -0.492 e. The monoisotopic (exact) mass is 260 g/mol. The second-order valence-electron chi connectivity index (χ2n) is 4.45. The Morgan fingerprint density at radius 2 is 1.78 bits per heavy atom. The number of aliphatic hydroxyl groups excluding tert-OH is 1.